The Hall–Kier alpha value is -0.570. The highest BCUT2D eigenvalue weighted by Gasteiger charge is 2.15. The number of nitrogens with one attached hydrogen (secondary N) is 2. The fourth-order valence-corrected chi connectivity index (χ4v) is 1.86. The van der Waals surface area contributed by atoms with Gasteiger partial charge in [0.15, 0.2) is 5.96 Å². The van der Waals surface area contributed by atoms with Gasteiger partial charge in [-0.05, 0) is 19.3 Å². The van der Waals surface area contributed by atoms with Crippen molar-refractivity contribution in [1.29, 1.82) is 0 Å². The molecule has 1 heterocycles. The van der Waals surface area contributed by atoms with Crippen LogP contribution in [0.1, 0.15) is 32.6 Å². The lowest BCUT2D eigenvalue weighted by Gasteiger charge is -2.16. The average Bonchev–Trinajstić information content (AvgIpc) is 2.94. The highest BCUT2D eigenvalue weighted by Crippen LogP contribution is 2.10. The number of aliphatic imine (C=N–C) groups is 1. The Morgan fingerprint density at radius 2 is 2.14 bits per heavy atom. The molecule has 0 bridgehead atoms. The lowest BCUT2D eigenvalue weighted by Crippen LogP contribution is -2.42. The van der Waals surface area contributed by atoms with Crippen molar-refractivity contribution >= 4 is 35.8 Å². The van der Waals surface area contributed by atoms with Crippen molar-refractivity contribution in [3.05, 3.63) is 0 Å². The van der Waals surface area contributed by atoms with E-state index in [0.29, 0.717) is 5.96 Å². The highest BCUT2D eigenvalue weighted by molar-refractivity contribution is 14.0. The smallest absolute Gasteiger partial charge is 0.243 e. The van der Waals surface area contributed by atoms with Gasteiger partial charge in [-0.1, -0.05) is 13.3 Å². The van der Waals surface area contributed by atoms with E-state index in [1.807, 2.05) is 0 Å². The molecule has 1 saturated heterocycles. The van der Waals surface area contributed by atoms with E-state index < -0.39 is 0 Å². The molecule has 1 aliphatic heterocycles. The number of hydrogen-bond donors (Lipinski definition) is 2. The minimum atomic E-state index is -0.00120. The SMILES string of the molecule is CCCCNC(=NCC(=O)N(C)C)NCC1CCCO1.I. The van der Waals surface area contributed by atoms with Crippen LogP contribution in [0.25, 0.3) is 0 Å². The maximum absolute atomic E-state index is 11.6. The molecule has 0 aromatic heterocycles. The molecule has 0 spiro atoms. The quantitative estimate of drug-likeness (QED) is 0.286. The van der Waals surface area contributed by atoms with Crippen molar-refractivity contribution in [3.63, 3.8) is 0 Å². The summed E-state index contributed by atoms with van der Waals surface area (Å²) in [6.45, 7) is 4.77. The van der Waals surface area contributed by atoms with E-state index in [0.717, 1.165) is 45.4 Å². The van der Waals surface area contributed by atoms with Gasteiger partial charge in [0, 0.05) is 33.8 Å². The zero-order valence-electron chi connectivity index (χ0n) is 13.4. The molecule has 6 nitrogen and oxygen atoms in total. The summed E-state index contributed by atoms with van der Waals surface area (Å²) >= 11 is 0. The fourth-order valence-electron chi connectivity index (χ4n) is 1.86. The standard InChI is InChI=1S/C14H28N4O2.HI/c1-4-5-8-15-14(17-11-13(19)18(2)3)16-10-12-7-6-9-20-12;/h12H,4-11H2,1-3H3,(H2,15,16,17);1H. The van der Waals surface area contributed by atoms with E-state index in [9.17, 15) is 4.79 Å². The molecule has 1 rings (SSSR count). The first-order valence-electron chi connectivity index (χ1n) is 7.47. The minimum absolute atomic E-state index is 0. The topological polar surface area (TPSA) is 66.0 Å². The van der Waals surface area contributed by atoms with E-state index in [1.54, 1.807) is 19.0 Å². The van der Waals surface area contributed by atoms with E-state index in [-0.39, 0.29) is 42.5 Å². The summed E-state index contributed by atoms with van der Waals surface area (Å²) in [6, 6.07) is 0. The second-order valence-corrected chi connectivity index (χ2v) is 5.25. The van der Waals surface area contributed by atoms with Crippen molar-refractivity contribution in [2.45, 2.75) is 38.7 Å². The third-order valence-electron chi connectivity index (χ3n) is 3.22. The lowest BCUT2D eigenvalue weighted by molar-refractivity contribution is -0.127. The van der Waals surface area contributed by atoms with Crippen LogP contribution >= 0.6 is 24.0 Å². The van der Waals surface area contributed by atoms with E-state index >= 15 is 0 Å². The van der Waals surface area contributed by atoms with E-state index in [4.69, 9.17) is 4.74 Å². The molecule has 1 unspecified atom stereocenters. The van der Waals surface area contributed by atoms with Crippen LogP contribution in [-0.4, -0.2) is 63.2 Å². The summed E-state index contributed by atoms with van der Waals surface area (Å²) < 4.78 is 5.57. The van der Waals surface area contributed by atoms with Gasteiger partial charge >= 0.3 is 0 Å². The molecule has 1 atom stereocenters. The van der Waals surface area contributed by atoms with Gasteiger partial charge in [0.2, 0.25) is 5.91 Å². The largest absolute Gasteiger partial charge is 0.376 e. The Kier molecular flexibility index (Phi) is 11.7. The number of nitrogens with zero attached hydrogens (tertiary/aromatic N) is 2. The van der Waals surface area contributed by atoms with Gasteiger partial charge in [-0.2, -0.15) is 0 Å². The van der Waals surface area contributed by atoms with Crippen molar-refractivity contribution in [3.8, 4) is 0 Å². The molecule has 1 amide bonds. The number of guanidine groups is 1. The number of likely N-dealkylation sites (N-methyl/N-ethyl adjacent to an activating group) is 1. The van der Waals surface area contributed by atoms with Crippen LogP contribution in [0.2, 0.25) is 0 Å². The van der Waals surface area contributed by atoms with Crippen LogP contribution in [0, 0.1) is 0 Å². The fraction of sp³-hybridized carbons (Fsp3) is 0.857. The maximum atomic E-state index is 11.6. The molecule has 124 valence electrons. The van der Waals surface area contributed by atoms with Crippen molar-refractivity contribution in [2.75, 3.05) is 40.3 Å². The Labute approximate surface area is 145 Å². The molecule has 7 heteroatoms. The second-order valence-electron chi connectivity index (χ2n) is 5.25. The molecular weight excluding hydrogens is 383 g/mol. The number of ether oxygens (including phenoxy) is 1. The highest BCUT2D eigenvalue weighted by atomic mass is 127. The van der Waals surface area contributed by atoms with Crippen LogP contribution in [-0.2, 0) is 9.53 Å². The average molecular weight is 412 g/mol. The Balaban J connectivity index is 0.00000400. The van der Waals surface area contributed by atoms with Crippen molar-refractivity contribution in [2.24, 2.45) is 4.99 Å². The summed E-state index contributed by atoms with van der Waals surface area (Å²) in [5.74, 6) is 0.697. The van der Waals surface area contributed by atoms with Crippen LogP contribution in [0.5, 0.6) is 0 Å². The summed E-state index contributed by atoms with van der Waals surface area (Å²) in [6.07, 6.45) is 4.69. The Morgan fingerprint density at radius 3 is 2.71 bits per heavy atom. The van der Waals surface area contributed by atoms with Crippen LogP contribution < -0.4 is 10.6 Å². The summed E-state index contributed by atoms with van der Waals surface area (Å²) in [7, 11) is 3.48. The monoisotopic (exact) mass is 412 g/mol. The Bertz CT molecular complexity index is 318. The third-order valence-corrected chi connectivity index (χ3v) is 3.22. The lowest BCUT2D eigenvalue weighted by atomic mass is 10.2. The molecule has 0 saturated carbocycles. The van der Waals surface area contributed by atoms with Crippen LogP contribution in [0.4, 0.5) is 0 Å². The van der Waals surface area contributed by atoms with Crippen molar-refractivity contribution in [1.82, 2.24) is 15.5 Å². The number of hydrogen-bond acceptors (Lipinski definition) is 3. The zero-order chi connectivity index (χ0) is 14.8. The molecule has 0 aromatic carbocycles. The number of amides is 1. The maximum Gasteiger partial charge on any atom is 0.243 e. The molecule has 21 heavy (non-hydrogen) atoms. The second kappa shape index (κ2) is 12.0. The predicted octanol–water partition coefficient (Wildman–Crippen LogP) is 1.21. The van der Waals surface area contributed by atoms with Gasteiger partial charge < -0.3 is 20.3 Å². The summed E-state index contributed by atoms with van der Waals surface area (Å²) in [4.78, 5) is 17.5. The van der Waals surface area contributed by atoms with Gasteiger partial charge in [0.25, 0.3) is 0 Å². The number of carbonyl (C=O) groups excluding carboxylic acids is 1. The van der Waals surface area contributed by atoms with Gasteiger partial charge in [-0.15, -0.1) is 24.0 Å². The van der Waals surface area contributed by atoms with Crippen LogP contribution in [0.15, 0.2) is 4.99 Å². The molecule has 0 aliphatic carbocycles. The van der Waals surface area contributed by atoms with Gasteiger partial charge in [0.1, 0.15) is 6.54 Å². The third kappa shape index (κ3) is 9.13. The van der Waals surface area contributed by atoms with E-state index in [2.05, 4.69) is 22.5 Å². The predicted molar refractivity (Wildman–Crippen MR) is 96.3 cm³/mol. The summed E-state index contributed by atoms with van der Waals surface area (Å²) in [5, 5.41) is 6.51. The molecular formula is C14H29IN4O2. The minimum Gasteiger partial charge on any atom is -0.376 e. The number of carbonyl (C=O) groups is 1. The first-order valence-corrected chi connectivity index (χ1v) is 7.47. The number of halogens is 1. The normalized spacial score (nSPS) is 18.0. The van der Waals surface area contributed by atoms with Gasteiger partial charge in [0.05, 0.1) is 6.10 Å². The van der Waals surface area contributed by atoms with Gasteiger partial charge in [-0.3, -0.25) is 4.79 Å². The number of unbranched alkanes of at least 4 members (excludes halogenated alkanes) is 1. The molecule has 1 fully saturated rings. The van der Waals surface area contributed by atoms with Crippen LogP contribution in [0.3, 0.4) is 0 Å². The van der Waals surface area contributed by atoms with Gasteiger partial charge in [-0.25, -0.2) is 4.99 Å². The summed E-state index contributed by atoms with van der Waals surface area (Å²) in [5.41, 5.74) is 0. The first kappa shape index (κ1) is 20.4. The number of rotatable bonds is 7. The molecule has 2 N–H and O–H groups in total. The first-order chi connectivity index (χ1) is 9.63. The zero-order valence-corrected chi connectivity index (χ0v) is 15.7. The van der Waals surface area contributed by atoms with E-state index in [1.165, 1.54) is 0 Å². The molecule has 0 aromatic rings. The molecule has 1 aliphatic rings. The van der Waals surface area contributed by atoms with Crippen molar-refractivity contribution < 1.29 is 9.53 Å². The molecule has 0 radical (unpaired) electrons. The Morgan fingerprint density at radius 1 is 1.38 bits per heavy atom.